The van der Waals surface area contributed by atoms with Crippen LogP contribution in [-0.4, -0.2) is 31.8 Å². The van der Waals surface area contributed by atoms with Gasteiger partial charge in [0, 0.05) is 19.5 Å². The minimum Gasteiger partial charge on any atom is -0.354 e. The van der Waals surface area contributed by atoms with Crippen molar-refractivity contribution in [2.45, 2.75) is 32.9 Å². The Kier molecular flexibility index (Phi) is 2.51. The molecule has 0 aliphatic carbocycles. The van der Waals surface area contributed by atoms with Crippen LogP contribution in [0, 0.1) is 11.7 Å². The summed E-state index contributed by atoms with van der Waals surface area (Å²) >= 11 is 5.38. The zero-order chi connectivity index (χ0) is 12.9. The van der Waals surface area contributed by atoms with Gasteiger partial charge in [0.1, 0.15) is 5.52 Å². The summed E-state index contributed by atoms with van der Waals surface area (Å²) in [5.41, 5.74) is 2.90. The minimum absolute atomic E-state index is 0.0792. The van der Waals surface area contributed by atoms with Gasteiger partial charge in [-0.15, -0.1) is 0 Å². The molecule has 0 radical (unpaired) electrons. The van der Waals surface area contributed by atoms with Crippen molar-refractivity contribution in [1.29, 1.82) is 0 Å². The van der Waals surface area contributed by atoms with Gasteiger partial charge in [0.2, 0.25) is 5.91 Å². The normalized spacial score (nSPS) is 19.7. The number of carbonyl (C=O) groups excluding carboxylic acids is 1. The maximum atomic E-state index is 11.4. The lowest BCUT2D eigenvalue weighted by molar-refractivity contribution is -0.119. The predicted molar refractivity (Wildman–Crippen MR) is 70.0 cm³/mol. The van der Waals surface area contributed by atoms with Crippen LogP contribution in [0.25, 0.3) is 11.2 Å². The van der Waals surface area contributed by atoms with E-state index in [1.807, 2.05) is 23.1 Å². The summed E-state index contributed by atoms with van der Waals surface area (Å²) in [5, 5.41) is 7.32. The molecule has 0 spiro atoms. The lowest BCUT2D eigenvalue weighted by Gasteiger charge is -2.11. The van der Waals surface area contributed by atoms with Crippen molar-refractivity contribution in [1.82, 2.24) is 24.6 Å². The molecular formula is C11H15N5OS. The number of imidazole rings is 1. The van der Waals surface area contributed by atoms with E-state index in [0.717, 1.165) is 23.4 Å². The Morgan fingerprint density at radius 1 is 1.56 bits per heavy atom. The van der Waals surface area contributed by atoms with Gasteiger partial charge in [0.15, 0.2) is 10.4 Å². The molecule has 3 heterocycles. The largest absolute Gasteiger partial charge is 0.354 e. The first-order valence-electron chi connectivity index (χ1n) is 6.06. The fraction of sp³-hybridized carbons (Fsp3) is 0.545. The number of amides is 1. The number of aromatic nitrogens is 4. The first kappa shape index (κ1) is 11.5. The van der Waals surface area contributed by atoms with Crippen LogP contribution in [0.3, 0.4) is 0 Å². The van der Waals surface area contributed by atoms with E-state index in [0.29, 0.717) is 17.7 Å². The molecule has 6 nitrogen and oxygen atoms in total. The number of nitrogens with zero attached hydrogens (tertiary/aromatic N) is 3. The van der Waals surface area contributed by atoms with Crippen LogP contribution < -0.4 is 5.32 Å². The van der Waals surface area contributed by atoms with Crippen LogP contribution in [0.5, 0.6) is 0 Å². The molecule has 3 rings (SSSR count). The Morgan fingerprint density at radius 3 is 2.94 bits per heavy atom. The highest BCUT2D eigenvalue weighted by molar-refractivity contribution is 7.71. The quantitative estimate of drug-likeness (QED) is 0.804. The monoisotopic (exact) mass is 265 g/mol. The first-order chi connectivity index (χ1) is 8.61. The van der Waals surface area contributed by atoms with Gasteiger partial charge < -0.3 is 10.3 Å². The van der Waals surface area contributed by atoms with Crippen molar-refractivity contribution in [3.05, 3.63) is 10.5 Å². The molecule has 1 fully saturated rings. The Balaban J connectivity index is 2.24. The molecular weight excluding hydrogens is 250 g/mol. The lowest BCUT2D eigenvalue weighted by Crippen LogP contribution is -2.16. The zero-order valence-corrected chi connectivity index (χ0v) is 11.2. The fourth-order valence-corrected chi connectivity index (χ4v) is 2.89. The van der Waals surface area contributed by atoms with Crippen LogP contribution in [-0.2, 0) is 11.3 Å². The highest BCUT2D eigenvalue weighted by atomic mass is 32.1. The van der Waals surface area contributed by atoms with Gasteiger partial charge >= 0.3 is 0 Å². The van der Waals surface area contributed by atoms with Crippen molar-refractivity contribution < 1.29 is 4.79 Å². The third kappa shape index (κ3) is 1.50. The van der Waals surface area contributed by atoms with E-state index in [1.54, 1.807) is 0 Å². The van der Waals surface area contributed by atoms with Gasteiger partial charge in [-0.3, -0.25) is 9.36 Å². The summed E-state index contributed by atoms with van der Waals surface area (Å²) in [4.78, 5) is 14.6. The average molecular weight is 265 g/mol. The van der Waals surface area contributed by atoms with Crippen LogP contribution in [0.2, 0.25) is 0 Å². The Morgan fingerprint density at radius 2 is 2.33 bits per heavy atom. The van der Waals surface area contributed by atoms with E-state index in [-0.39, 0.29) is 11.9 Å². The second-order valence-corrected chi connectivity index (χ2v) is 4.95. The molecule has 1 unspecified atom stereocenters. The molecule has 1 amide bonds. The number of hydrogen-bond donors (Lipinski definition) is 2. The summed E-state index contributed by atoms with van der Waals surface area (Å²) in [6, 6.07) is 0.0835. The Labute approximate surface area is 109 Å². The van der Waals surface area contributed by atoms with E-state index in [4.69, 9.17) is 12.2 Å². The van der Waals surface area contributed by atoms with Gasteiger partial charge in [-0.1, -0.05) is 0 Å². The lowest BCUT2D eigenvalue weighted by atomic mass is 10.2. The van der Waals surface area contributed by atoms with E-state index in [1.165, 1.54) is 0 Å². The van der Waals surface area contributed by atoms with Gasteiger partial charge in [0.25, 0.3) is 0 Å². The standard InChI is InChI=1S/C11H15N5OS/c1-3-15-10-9(6(2)14-15)13-11(18)16(10)7-4-8(17)12-5-7/h7H,3-5H2,1-2H3,(H,12,17)(H,13,18). The molecule has 1 aliphatic heterocycles. The number of fused-ring (bicyclic) bond motifs is 1. The molecule has 2 aromatic heterocycles. The SMILES string of the molecule is CCn1nc(C)c2[nH]c(=S)n(C3CNC(=O)C3)c21. The number of carbonyl (C=O) groups is 1. The number of nitrogens with one attached hydrogen (secondary N) is 2. The zero-order valence-electron chi connectivity index (χ0n) is 10.4. The van der Waals surface area contributed by atoms with E-state index >= 15 is 0 Å². The van der Waals surface area contributed by atoms with Crippen LogP contribution in [0.4, 0.5) is 0 Å². The highest BCUT2D eigenvalue weighted by Crippen LogP contribution is 2.25. The molecule has 1 aliphatic rings. The maximum Gasteiger partial charge on any atom is 0.222 e. The second-order valence-electron chi connectivity index (χ2n) is 4.56. The molecule has 0 saturated carbocycles. The average Bonchev–Trinajstić information content (AvgIpc) is 2.96. The van der Waals surface area contributed by atoms with Gasteiger partial charge in [-0.25, -0.2) is 4.68 Å². The van der Waals surface area contributed by atoms with Crippen molar-refractivity contribution in [2.24, 2.45) is 0 Å². The highest BCUT2D eigenvalue weighted by Gasteiger charge is 2.27. The summed E-state index contributed by atoms with van der Waals surface area (Å²) in [7, 11) is 0. The number of aromatic amines is 1. The molecule has 2 aromatic rings. The Bertz CT molecular complexity index is 679. The van der Waals surface area contributed by atoms with Crippen molar-refractivity contribution >= 4 is 29.3 Å². The van der Waals surface area contributed by atoms with Crippen molar-refractivity contribution in [2.75, 3.05) is 6.54 Å². The molecule has 0 aromatic carbocycles. The smallest absolute Gasteiger partial charge is 0.222 e. The molecule has 2 N–H and O–H groups in total. The number of H-pyrrole nitrogens is 1. The molecule has 7 heteroatoms. The fourth-order valence-electron chi connectivity index (χ4n) is 2.56. The topological polar surface area (TPSA) is 67.6 Å². The minimum atomic E-state index is 0.0792. The number of aryl methyl sites for hydroxylation is 2. The summed E-state index contributed by atoms with van der Waals surface area (Å²) < 4.78 is 4.61. The molecule has 1 atom stereocenters. The Hall–Kier alpha value is -1.63. The summed E-state index contributed by atoms with van der Waals surface area (Å²) in [6.07, 6.45) is 0.481. The third-order valence-electron chi connectivity index (χ3n) is 3.40. The number of rotatable bonds is 2. The van der Waals surface area contributed by atoms with Crippen LogP contribution in [0.1, 0.15) is 25.1 Å². The molecule has 96 valence electrons. The van der Waals surface area contributed by atoms with E-state index < -0.39 is 0 Å². The van der Waals surface area contributed by atoms with Crippen LogP contribution in [0.15, 0.2) is 0 Å². The molecule has 1 saturated heterocycles. The first-order valence-corrected chi connectivity index (χ1v) is 6.47. The van der Waals surface area contributed by atoms with Crippen molar-refractivity contribution in [3.8, 4) is 0 Å². The molecule has 18 heavy (non-hydrogen) atoms. The third-order valence-corrected chi connectivity index (χ3v) is 3.70. The maximum absolute atomic E-state index is 11.4. The van der Waals surface area contributed by atoms with E-state index in [2.05, 4.69) is 15.4 Å². The molecule has 0 bridgehead atoms. The second kappa shape index (κ2) is 3.94. The van der Waals surface area contributed by atoms with E-state index in [9.17, 15) is 4.79 Å². The van der Waals surface area contributed by atoms with Gasteiger partial charge in [0.05, 0.1) is 11.7 Å². The van der Waals surface area contributed by atoms with Crippen molar-refractivity contribution in [3.63, 3.8) is 0 Å². The predicted octanol–water partition coefficient (Wildman–Crippen LogP) is 1.28. The summed E-state index contributed by atoms with van der Waals surface area (Å²) in [6.45, 7) is 5.42. The summed E-state index contributed by atoms with van der Waals surface area (Å²) in [5.74, 6) is 0.0792. The number of hydrogen-bond acceptors (Lipinski definition) is 3. The van der Waals surface area contributed by atoms with Gasteiger partial charge in [-0.2, -0.15) is 5.10 Å². The van der Waals surface area contributed by atoms with Crippen LogP contribution >= 0.6 is 12.2 Å². The van der Waals surface area contributed by atoms with Gasteiger partial charge in [-0.05, 0) is 26.1 Å².